The third kappa shape index (κ3) is 3.27. The van der Waals surface area contributed by atoms with Crippen LogP contribution in [0.5, 0.6) is 11.5 Å². The minimum atomic E-state index is -5.38. The SMILES string of the molecule is Cc1ccccc1Oc1ccc(S(=O)(=O)C(F)(F)F)cc1Br. The van der Waals surface area contributed by atoms with Gasteiger partial charge in [0.25, 0.3) is 9.84 Å². The van der Waals surface area contributed by atoms with Crippen LogP contribution in [0.1, 0.15) is 5.56 Å². The maximum atomic E-state index is 12.5. The van der Waals surface area contributed by atoms with Crippen molar-refractivity contribution in [2.45, 2.75) is 17.3 Å². The maximum Gasteiger partial charge on any atom is 0.501 e. The Morgan fingerprint density at radius 2 is 1.68 bits per heavy atom. The number of benzene rings is 2. The summed E-state index contributed by atoms with van der Waals surface area (Å²) in [6, 6.07) is 9.98. The number of alkyl halides is 3. The molecule has 0 aromatic heterocycles. The molecule has 0 aliphatic rings. The summed E-state index contributed by atoms with van der Waals surface area (Å²) in [6.45, 7) is 1.81. The number of halogens is 4. The molecule has 0 saturated carbocycles. The Morgan fingerprint density at radius 3 is 2.23 bits per heavy atom. The van der Waals surface area contributed by atoms with E-state index in [1.54, 1.807) is 12.1 Å². The molecule has 0 unspecified atom stereocenters. The van der Waals surface area contributed by atoms with Gasteiger partial charge in [-0.05, 0) is 52.7 Å². The number of rotatable bonds is 3. The fourth-order valence-electron chi connectivity index (χ4n) is 1.65. The molecule has 0 aliphatic carbocycles. The molecular weight excluding hydrogens is 385 g/mol. The second-order valence-corrected chi connectivity index (χ2v) is 7.20. The Balaban J connectivity index is 2.38. The number of para-hydroxylation sites is 1. The first-order valence-electron chi connectivity index (χ1n) is 5.97. The Labute approximate surface area is 133 Å². The molecule has 0 amide bonds. The van der Waals surface area contributed by atoms with Crippen LogP contribution < -0.4 is 4.74 Å². The van der Waals surface area contributed by atoms with Gasteiger partial charge >= 0.3 is 5.51 Å². The van der Waals surface area contributed by atoms with Crippen molar-refractivity contribution in [3.05, 3.63) is 52.5 Å². The van der Waals surface area contributed by atoms with Gasteiger partial charge in [0.1, 0.15) is 11.5 Å². The van der Waals surface area contributed by atoms with E-state index >= 15 is 0 Å². The van der Waals surface area contributed by atoms with E-state index in [0.29, 0.717) is 5.75 Å². The molecule has 0 bridgehead atoms. The molecule has 0 atom stereocenters. The first-order chi connectivity index (χ1) is 10.1. The van der Waals surface area contributed by atoms with E-state index in [2.05, 4.69) is 15.9 Å². The molecule has 2 aromatic rings. The molecule has 0 spiro atoms. The van der Waals surface area contributed by atoms with E-state index in [1.807, 2.05) is 19.1 Å². The zero-order valence-corrected chi connectivity index (χ0v) is 13.6. The first kappa shape index (κ1) is 16.8. The lowest BCUT2D eigenvalue weighted by atomic mass is 10.2. The lowest BCUT2D eigenvalue weighted by molar-refractivity contribution is -0.0436. The van der Waals surface area contributed by atoms with Gasteiger partial charge < -0.3 is 4.74 Å². The third-order valence-corrected chi connectivity index (χ3v) is 4.94. The highest BCUT2D eigenvalue weighted by atomic mass is 79.9. The molecule has 22 heavy (non-hydrogen) atoms. The van der Waals surface area contributed by atoms with Crippen LogP contribution >= 0.6 is 15.9 Å². The van der Waals surface area contributed by atoms with Crippen LogP contribution in [-0.4, -0.2) is 13.9 Å². The third-order valence-electron chi connectivity index (χ3n) is 2.83. The Morgan fingerprint density at radius 1 is 1.05 bits per heavy atom. The molecule has 8 heteroatoms. The van der Waals surface area contributed by atoms with Gasteiger partial charge in [0, 0.05) is 0 Å². The largest absolute Gasteiger partial charge is 0.501 e. The predicted octanol–water partition coefficient (Wildman–Crippen LogP) is 4.84. The van der Waals surface area contributed by atoms with Gasteiger partial charge in [-0.15, -0.1) is 0 Å². The minimum Gasteiger partial charge on any atom is -0.456 e. The average molecular weight is 395 g/mol. The van der Waals surface area contributed by atoms with Crippen molar-refractivity contribution in [3.63, 3.8) is 0 Å². The number of hydrogen-bond donors (Lipinski definition) is 0. The maximum absolute atomic E-state index is 12.5. The summed E-state index contributed by atoms with van der Waals surface area (Å²) in [5.41, 5.74) is -4.51. The molecule has 0 saturated heterocycles. The van der Waals surface area contributed by atoms with E-state index in [4.69, 9.17) is 4.74 Å². The van der Waals surface area contributed by atoms with Crippen LogP contribution in [0.15, 0.2) is 51.8 Å². The average Bonchev–Trinajstić information content (AvgIpc) is 2.42. The van der Waals surface area contributed by atoms with Crippen molar-refractivity contribution < 1.29 is 26.3 Å². The van der Waals surface area contributed by atoms with Crippen LogP contribution in [0.2, 0.25) is 0 Å². The number of hydrogen-bond acceptors (Lipinski definition) is 3. The summed E-state index contributed by atoms with van der Waals surface area (Å²) in [5, 5.41) is 0. The van der Waals surface area contributed by atoms with Crippen molar-refractivity contribution in [2.75, 3.05) is 0 Å². The Bertz CT molecular complexity index is 801. The zero-order valence-electron chi connectivity index (χ0n) is 11.2. The zero-order chi connectivity index (χ0) is 16.5. The highest BCUT2D eigenvalue weighted by Crippen LogP contribution is 2.36. The van der Waals surface area contributed by atoms with Gasteiger partial charge in [-0.2, -0.15) is 13.2 Å². The van der Waals surface area contributed by atoms with E-state index in [0.717, 1.165) is 17.7 Å². The fourth-order valence-corrected chi connectivity index (χ4v) is 3.05. The van der Waals surface area contributed by atoms with Gasteiger partial charge in [0.15, 0.2) is 0 Å². The standard InChI is InChI=1S/C14H10BrF3O3S/c1-9-4-2-3-5-12(9)21-13-7-6-10(8-11(13)15)22(19,20)14(16,17)18/h2-8H,1H3. The van der Waals surface area contributed by atoms with E-state index in [1.165, 1.54) is 6.07 Å². The number of sulfone groups is 1. The van der Waals surface area contributed by atoms with E-state index < -0.39 is 20.2 Å². The summed E-state index contributed by atoms with van der Waals surface area (Å²) < 4.78 is 65.9. The summed E-state index contributed by atoms with van der Waals surface area (Å²) in [5.74, 6) is 0.741. The van der Waals surface area contributed by atoms with Crippen LogP contribution in [0.3, 0.4) is 0 Å². The summed E-state index contributed by atoms with van der Waals surface area (Å²) in [6.07, 6.45) is 0. The summed E-state index contributed by atoms with van der Waals surface area (Å²) >= 11 is 3.03. The molecule has 118 valence electrons. The van der Waals surface area contributed by atoms with E-state index in [9.17, 15) is 21.6 Å². The van der Waals surface area contributed by atoms with Crippen LogP contribution in [0, 0.1) is 6.92 Å². The van der Waals surface area contributed by atoms with Crippen LogP contribution in [0.4, 0.5) is 13.2 Å². The first-order valence-corrected chi connectivity index (χ1v) is 8.25. The van der Waals surface area contributed by atoms with E-state index in [-0.39, 0.29) is 10.2 Å². The van der Waals surface area contributed by atoms with Crippen molar-refractivity contribution in [2.24, 2.45) is 0 Å². The van der Waals surface area contributed by atoms with Gasteiger partial charge in [0.2, 0.25) is 0 Å². The van der Waals surface area contributed by atoms with Gasteiger partial charge in [0.05, 0.1) is 9.37 Å². The highest BCUT2D eigenvalue weighted by Gasteiger charge is 2.47. The topological polar surface area (TPSA) is 43.4 Å². The lowest BCUT2D eigenvalue weighted by Gasteiger charge is -2.12. The monoisotopic (exact) mass is 394 g/mol. The molecule has 0 fully saturated rings. The molecule has 0 aliphatic heterocycles. The summed E-state index contributed by atoms with van der Waals surface area (Å²) in [4.78, 5) is -0.844. The molecular formula is C14H10BrF3O3S. The summed E-state index contributed by atoms with van der Waals surface area (Å²) in [7, 11) is -5.38. The fraction of sp³-hybridized carbons (Fsp3) is 0.143. The number of ether oxygens (including phenoxy) is 1. The van der Waals surface area contributed by atoms with Crippen molar-refractivity contribution in [3.8, 4) is 11.5 Å². The van der Waals surface area contributed by atoms with Gasteiger partial charge in [-0.3, -0.25) is 0 Å². The molecule has 2 aromatic carbocycles. The lowest BCUT2D eigenvalue weighted by Crippen LogP contribution is -2.23. The second kappa shape index (κ2) is 5.92. The molecule has 2 rings (SSSR count). The van der Waals surface area contributed by atoms with Crippen LogP contribution in [-0.2, 0) is 9.84 Å². The Hall–Kier alpha value is -1.54. The number of aryl methyl sites for hydroxylation is 1. The second-order valence-electron chi connectivity index (χ2n) is 4.41. The van der Waals surface area contributed by atoms with Gasteiger partial charge in [-0.25, -0.2) is 8.42 Å². The van der Waals surface area contributed by atoms with Crippen LogP contribution in [0.25, 0.3) is 0 Å². The molecule has 0 radical (unpaired) electrons. The smallest absolute Gasteiger partial charge is 0.456 e. The predicted molar refractivity (Wildman–Crippen MR) is 78.6 cm³/mol. The van der Waals surface area contributed by atoms with Crippen molar-refractivity contribution >= 4 is 25.8 Å². The van der Waals surface area contributed by atoms with Crippen molar-refractivity contribution in [1.82, 2.24) is 0 Å². The highest BCUT2D eigenvalue weighted by molar-refractivity contribution is 9.10. The minimum absolute atomic E-state index is 0.112. The van der Waals surface area contributed by atoms with Crippen molar-refractivity contribution in [1.29, 1.82) is 0 Å². The molecule has 0 heterocycles. The molecule has 3 nitrogen and oxygen atoms in total. The van der Waals surface area contributed by atoms with Gasteiger partial charge in [-0.1, -0.05) is 18.2 Å². The normalized spacial score (nSPS) is 12.2. The molecule has 0 N–H and O–H groups in total. The quantitative estimate of drug-likeness (QED) is 0.747. The Kier molecular flexibility index (Phi) is 4.53.